The summed E-state index contributed by atoms with van der Waals surface area (Å²) in [6.07, 6.45) is -2.50. The molecule has 1 heterocycles. The molecule has 0 spiro atoms. The van der Waals surface area contributed by atoms with Gasteiger partial charge in [0.25, 0.3) is 0 Å². The first-order valence-electron chi connectivity index (χ1n) is 9.18. The van der Waals surface area contributed by atoms with E-state index in [2.05, 4.69) is 16.0 Å². The minimum Gasteiger partial charge on any atom is -0.348 e. The summed E-state index contributed by atoms with van der Waals surface area (Å²) >= 11 is 0. The summed E-state index contributed by atoms with van der Waals surface area (Å²) in [4.78, 5) is 24.6. The van der Waals surface area contributed by atoms with Gasteiger partial charge < -0.3 is 10.6 Å². The van der Waals surface area contributed by atoms with Crippen LogP contribution in [0.5, 0.6) is 0 Å². The lowest BCUT2D eigenvalue weighted by Gasteiger charge is -2.33. The van der Waals surface area contributed by atoms with E-state index >= 15 is 0 Å². The standard InChI is InChI=1S/C19H24F3N3O2/c1-10(2)16(11-5-7-13(8-6-11)19(20,21)22)25-18(27)14-9-15(26)24-17(23-14)12-3-4-12/h5-8,10,12,14,16-17,23H,3-4,9H2,1-2H3,(H,24,26)(H,25,27)/t14?,16-,17?/m1/s1. The highest BCUT2D eigenvalue weighted by atomic mass is 19.4. The largest absolute Gasteiger partial charge is 0.416 e. The first-order chi connectivity index (χ1) is 12.6. The number of carbonyl (C=O) groups excluding carboxylic acids is 2. The van der Waals surface area contributed by atoms with Crippen molar-refractivity contribution < 1.29 is 22.8 Å². The van der Waals surface area contributed by atoms with Crippen LogP contribution in [0.25, 0.3) is 0 Å². The molecule has 1 aromatic carbocycles. The van der Waals surface area contributed by atoms with Gasteiger partial charge in [0, 0.05) is 0 Å². The van der Waals surface area contributed by atoms with Crippen molar-refractivity contribution in [2.75, 3.05) is 0 Å². The third kappa shape index (κ3) is 4.80. The van der Waals surface area contributed by atoms with Crippen molar-refractivity contribution in [3.63, 3.8) is 0 Å². The van der Waals surface area contributed by atoms with Crippen LogP contribution in [0.3, 0.4) is 0 Å². The molecule has 3 N–H and O–H groups in total. The molecule has 27 heavy (non-hydrogen) atoms. The molecule has 1 saturated carbocycles. The topological polar surface area (TPSA) is 70.2 Å². The Balaban J connectivity index is 1.70. The molecule has 148 valence electrons. The molecule has 1 aliphatic heterocycles. The number of alkyl halides is 3. The van der Waals surface area contributed by atoms with Crippen molar-refractivity contribution in [2.45, 2.75) is 57.5 Å². The third-order valence-electron chi connectivity index (χ3n) is 5.06. The summed E-state index contributed by atoms with van der Waals surface area (Å²) in [6, 6.07) is 3.74. The van der Waals surface area contributed by atoms with Gasteiger partial charge in [-0.1, -0.05) is 26.0 Å². The predicted octanol–water partition coefficient (Wildman–Crippen LogP) is 2.73. The fourth-order valence-electron chi connectivity index (χ4n) is 3.36. The molecular weight excluding hydrogens is 359 g/mol. The molecule has 3 rings (SSSR count). The minimum absolute atomic E-state index is 0.0256. The maximum atomic E-state index is 12.8. The quantitative estimate of drug-likeness (QED) is 0.732. The van der Waals surface area contributed by atoms with Crippen molar-refractivity contribution in [2.24, 2.45) is 11.8 Å². The zero-order chi connectivity index (χ0) is 19.8. The summed E-state index contributed by atoms with van der Waals surface area (Å²) in [5.41, 5.74) is -0.122. The molecule has 3 atom stereocenters. The van der Waals surface area contributed by atoms with Crippen LogP contribution in [0.4, 0.5) is 13.2 Å². The number of carbonyl (C=O) groups is 2. The number of hydrogen-bond acceptors (Lipinski definition) is 3. The molecule has 0 bridgehead atoms. The Hall–Kier alpha value is -2.09. The Labute approximate surface area is 156 Å². The molecule has 2 fully saturated rings. The van der Waals surface area contributed by atoms with Gasteiger partial charge in [-0.3, -0.25) is 14.9 Å². The van der Waals surface area contributed by atoms with Gasteiger partial charge in [0.1, 0.15) is 0 Å². The minimum atomic E-state index is -4.40. The lowest BCUT2D eigenvalue weighted by molar-refractivity contribution is -0.137. The highest BCUT2D eigenvalue weighted by Gasteiger charge is 2.39. The van der Waals surface area contributed by atoms with Gasteiger partial charge in [0.15, 0.2) is 0 Å². The molecule has 2 aliphatic rings. The van der Waals surface area contributed by atoms with Gasteiger partial charge in [-0.25, -0.2) is 0 Å². The Bertz CT molecular complexity index is 699. The van der Waals surface area contributed by atoms with Crippen LogP contribution >= 0.6 is 0 Å². The highest BCUT2D eigenvalue weighted by molar-refractivity contribution is 5.89. The zero-order valence-electron chi connectivity index (χ0n) is 15.3. The van der Waals surface area contributed by atoms with Crippen molar-refractivity contribution >= 4 is 11.8 Å². The maximum Gasteiger partial charge on any atom is 0.416 e. The molecule has 0 radical (unpaired) electrons. The van der Waals surface area contributed by atoms with Crippen molar-refractivity contribution in [1.29, 1.82) is 0 Å². The fourth-order valence-corrected chi connectivity index (χ4v) is 3.36. The summed E-state index contributed by atoms with van der Waals surface area (Å²) in [5, 5.41) is 8.93. The third-order valence-corrected chi connectivity index (χ3v) is 5.06. The SMILES string of the molecule is CC(C)[C@@H](NC(=O)C1CC(=O)NC(C2CC2)N1)c1ccc(C(F)(F)F)cc1. The van der Waals surface area contributed by atoms with Gasteiger partial charge in [-0.15, -0.1) is 0 Å². The summed E-state index contributed by atoms with van der Waals surface area (Å²) in [7, 11) is 0. The summed E-state index contributed by atoms with van der Waals surface area (Å²) in [6.45, 7) is 3.77. The fraction of sp³-hybridized carbons (Fsp3) is 0.579. The highest BCUT2D eigenvalue weighted by Crippen LogP contribution is 2.33. The molecule has 1 aromatic rings. The van der Waals surface area contributed by atoms with Crippen LogP contribution in [-0.4, -0.2) is 24.0 Å². The first kappa shape index (κ1) is 19.7. The van der Waals surface area contributed by atoms with Crippen LogP contribution in [0.15, 0.2) is 24.3 Å². The Morgan fingerprint density at radius 2 is 1.81 bits per heavy atom. The maximum absolute atomic E-state index is 12.8. The molecule has 2 amide bonds. The molecule has 2 unspecified atom stereocenters. The monoisotopic (exact) mass is 383 g/mol. The second-order valence-electron chi connectivity index (χ2n) is 7.66. The number of halogens is 3. The van der Waals surface area contributed by atoms with E-state index in [4.69, 9.17) is 0 Å². The van der Waals surface area contributed by atoms with E-state index in [1.165, 1.54) is 12.1 Å². The predicted molar refractivity (Wildman–Crippen MR) is 93.4 cm³/mol. The first-order valence-corrected chi connectivity index (χ1v) is 9.18. The van der Waals surface area contributed by atoms with Gasteiger partial charge in [0.2, 0.25) is 11.8 Å². The van der Waals surface area contributed by atoms with Crippen LogP contribution < -0.4 is 16.0 Å². The van der Waals surface area contributed by atoms with Crippen LogP contribution in [-0.2, 0) is 15.8 Å². The molecular formula is C19H24F3N3O2. The Kier molecular flexibility index (Phi) is 5.46. The van der Waals surface area contributed by atoms with E-state index in [0.717, 1.165) is 25.0 Å². The van der Waals surface area contributed by atoms with E-state index in [0.29, 0.717) is 11.5 Å². The molecule has 5 nitrogen and oxygen atoms in total. The number of rotatable bonds is 5. The van der Waals surface area contributed by atoms with Gasteiger partial charge in [-0.05, 0) is 42.4 Å². The number of benzene rings is 1. The molecule has 1 aliphatic carbocycles. The summed E-state index contributed by atoms with van der Waals surface area (Å²) < 4.78 is 38.3. The van der Waals surface area contributed by atoms with Crippen LogP contribution in [0.2, 0.25) is 0 Å². The van der Waals surface area contributed by atoms with E-state index < -0.39 is 23.8 Å². The molecule has 8 heteroatoms. The smallest absolute Gasteiger partial charge is 0.348 e. The van der Waals surface area contributed by atoms with E-state index in [9.17, 15) is 22.8 Å². The second kappa shape index (κ2) is 7.50. The normalized spacial score (nSPS) is 24.4. The van der Waals surface area contributed by atoms with E-state index in [-0.39, 0.29) is 30.3 Å². The lowest BCUT2D eigenvalue weighted by atomic mass is 9.94. The van der Waals surface area contributed by atoms with Crippen LogP contribution in [0, 0.1) is 11.8 Å². The van der Waals surface area contributed by atoms with Crippen molar-refractivity contribution in [1.82, 2.24) is 16.0 Å². The summed E-state index contributed by atoms with van der Waals surface area (Å²) in [5.74, 6) is -0.141. The van der Waals surface area contributed by atoms with Crippen LogP contribution in [0.1, 0.15) is 50.3 Å². The molecule has 1 saturated heterocycles. The van der Waals surface area contributed by atoms with Gasteiger partial charge >= 0.3 is 6.18 Å². The van der Waals surface area contributed by atoms with Gasteiger partial charge in [0.05, 0.1) is 30.2 Å². The zero-order valence-corrected chi connectivity index (χ0v) is 15.3. The lowest BCUT2D eigenvalue weighted by Crippen LogP contribution is -2.61. The van der Waals surface area contributed by atoms with Crippen molar-refractivity contribution in [3.05, 3.63) is 35.4 Å². The number of nitrogens with one attached hydrogen (secondary N) is 3. The average molecular weight is 383 g/mol. The van der Waals surface area contributed by atoms with E-state index in [1.54, 1.807) is 0 Å². The van der Waals surface area contributed by atoms with E-state index in [1.807, 2.05) is 13.8 Å². The Morgan fingerprint density at radius 3 is 2.33 bits per heavy atom. The number of hydrogen-bond donors (Lipinski definition) is 3. The second-order valence-corrected chi connectivity index (χ2v) is 7.66. The Morgan fingerprint density at radius 1 is 1.19 bits per heavy atom. The molecule has 0 aromatic heterocycles. The average Bonchev–Trinajstić information content (AvgIpc) is 3.43. The van der Waals surface area contributed by atoms with Gasteiger partial charge in [-0.2, -0.15) is 13.2 Å². The van der Waals surface area contributed by atoms with Crippen molar-refractivity contribution in [3.8, 4) is 0 Å². The number of amides is 2.